The van der Waals surface area contributed by atoms with Crippen LogP contribution in [0, 0.1) is 0 Å². The van der Waals surface area contributed by atoms with Gasteiger partial charge < -0.3 is 4.74 Å². The lowest BCUT2D eigenvalue weighted by molar-refractivity contribution is -0.136. The number of carbonyl (C=O) groups excluding carboxylic acids is 2. The molecule has 0 aliphatic carbocycles. The summed E-state index contributed by atoms with van der Waals surface area (Å²) in [5, 5.41) is 0. The number of Topliss-reactive ketones (excluding diaryl/α,β-unsaturated/α-hetero) is 1. The molecule has 17 heavy (non-hydrogen) atoms. The van der Waals surface area contributed by atoms with Crippen molar-refractivity contribution in [2.75, 3.05) is 0 Å². The summed E-state index contributed by atoms with van der Waals surface area (Å²) >= 11 is 0. The van der Waals surface area contributed by atoms with Crippen molar-refractivity contribution in [1.29, 1.82) is 0 Å². The molecular weight excluding hydrogens is 216 g/mol. The van der Waals surface area contributed by atoms with Crippen molar-refractivity contribution in [3.63, 3.8) is 0 Å². The molecule has 0 spiro atoms. The van der Waals surface area contributed by atoms with E-state index in [1.807, 2.05) is 30.3 Å². The first-order valence-electron chi connectivity index (χ1n) is 5.43. The molecule has 3 heteroatoms. The Morgan fingerprint density at radius 2 is 1.65 bits per heavy atom. The highest BCUT2D eigenvalue weighted by Crippen LogP contribution is 2.23. The van der Waals surface area contributed by atoms with E-state index in [-0.39, 0.29) is 18.2 Å². The minimum Gasteiger partial charge on any atom is -0.431 e. The van der Waals surface area contributed by atoms with Gasteiger partial charge in [0.1, 0.15) is 11.5 Å². The van der Waals surface area contributed by atoms with Crippen LogP contribution in [0.5, 0.6) is 0 Å². The fourth-order valence-corrected chi connectivity index (χ4v) is 1.60. The molecule has 0 aromatic heterocycles. The summed E-state index contributed by atoms with van der Waals surface area (Å²) in [4.78, 5) is 22.2. The number of hydrogen-bond donors (Lipinski definition) is 0. The van der Waals surface area contributed by atoms with E-state index in [0.717, 1.165) is 11.1 Å². The predicted octanol–water partition coefficient (Wildman–Crippen LogP) is 2.96. The van der Waals surface area contributed by atoms with Gasteiger partial charge in [-0.2, -0.15) is 0 Å². The molecule has 3 nitrogen and oxygen atoms in total. The largest absolute Gasteiger partial charge is 0.431 e. The Balaban J connectivity index is 3.11. The molecule has 0 saturated heterocycles. The Morgan fingerprint density at radius 3 is 2.12 bits per heavy atom. The van der Waals surface area contributed by atoms with E-state index in [1.54, 1.807) is 6.92 Å². The van der Waals surface area contributed by atoms with Crippen molar-refractivity contribution in [2.45, 2.75) is 27.2 Å². The zero-order valence-electron chi connectivity index (χ0n) is 10.3. The van der Waals surface area contributed by atoms with Gasteiger partial charge >= 0.3 is 5.97 Å². The van der Waals surface area contributed by atoms with E-state index in [1.165, 1.54) is 13.8 Å². The van der Waals surface area contributed by atoms with Gasteiger partial charge in [-0.25, -0.2) is 0 Å². The van der Waals surface area contributed by atoms with Crippen LogP contribution in [-0.4, -0.2) is 11.8 Å². The topological polar surface area (TPSA) is 43.4 Å². The number of ketones is 1. The fourth-order valence-electron chi connectivity index (χ4n) is 1.60. The highest BCUT2D eigenvalue weighted by molar-refractivity contribution is 5.89. The fraction of sp³-hybridized carbons (Fsp3) is 0.286. The number of ether oxygens (including phenoxy) is 1. The van der Waals surface area contributed by atoms with Gasteiger partial charge in [-0.3, -0.25) is 9.59 Å². The van der Waals surface area contributed by atoms with E-state index in [4.69, 9.17) is 4.74 Å². The SMILES string of the molecule is CC(=O)C/C(=C(/C)OC(C)=O)c1ccccc1. The maximum atomic E-state index is 11.2. The van der Waals surface area contributed by atoms with Crippen molar-refractivity contribution in [3.8, 4) is 0 Å². The van der Waals surface area contributed by atoms with Gasteiger partial charge in [0.2, 0.25) is 0 Å². The highest BCUT2D eigenvalue weighted by Gasteiger charge is 2.11. The van der Waals surface area contributed by atoms with Crippen LogP contribution in [0.2, 0.25) is 0 Å². The highest BCUT2D eigenvalue weighted by atomic mass is 16.5. The van der Waals surface area contributed by atoms with E-state index in [9.17, 15) is 9.59 Å². The minimum absolute atomic E-state index is 0.0374. The molecule has 1 rings (SSSR count). The molecule has 0 amide bonds. The van der Waals surface area contributed by atoms with Crippen molar-refractivity contribution < 1.29 is 14.3 Å². The third kappa shape index (κ3) is 4.23. The smallest absolute Gasteiger partial charge is 0.307 e. The average Bonchev–Trinajstić information content (AvgIpc) is 2.25. The van der Waals surface area contributed by atoms with Gasteiger partial charge in [0.25, 0.3) is 0 Å². The molecule has 0 saturated carbocycles. The Hall–Kier alpha value is -1.90. The van der Waals surface area contributed by atoms with Crippen LogP contribution in [-0.2, 0) is 14.3 Å². The molecule has 0 atom stereocenters. The summed E-state index contributed by atoms with van der Waals surface area (Å²) in [5.41, 5.74) is 1.66. The first kappa shape index (κ1) is 13.2. The van der Waals surface area contributed by atoms with Crippen LogP contribution >= 0.6 is 0 Å². The zero-order chi connectivity index (χ0) is 12.8. The first-order chi connectivity index (χ1) is 8.00. The lowest BCUT2D eigenvalue weighted by Gasteiger charge is -2.10. The quantitative estimate of drug-likeness (QED) is 0.592. The number of benzene rings is 1. The maximum absolute atomic E-state index is 11.2. The molecule has 0 fully saturated rings. The first-order valence-corrected chi connectivity index (χ1v) is 5.43. The van der Waals surface area contributed by atoms with Crippen LogP contribution in [0.25, 0.3) is 5.57 Å². The van der Waals surface area contributed by atoms with Gasteiger partial charge in [-0.1, -0.05) is 30.3 Å². The Bertz CT molecular complexity index is 444. The second-order valence-electron chi connectivity index (χ2n) is 3.87. The predicted molar refractivity (Wildman–Crippen MR) is 66.1 cm³/mol. The second-order valence-corrected chi connectivity index (χ2v) is 3.87. The molecule has 0 aliphatic heterocycles. The summed E-state index contributed by atoms with van der Waals surface area (Å²) in [6.45, 7) is 4.57. The van der Waals surface area contributed by atoms with Crippen LogP contribution in [0.1, 0.15) is 32.8 Å². The lowest BCUT2D eigenvalue weighted by Crippen LogP contribution is -2.02. The number of rotatable bonds is 4. The molecule has 0 unspecified atom stereocenters. The normalized spacial score (nSPS) is 11.7. The number of hydrogen-bond acceptors (Lipinski definition) is 3. The van der Waals surface area contributed by atoms with E-state index < -0.39 is 0 Å². The monoisotopic (exact) mass is 232 g/mol. The van der Waals surface area contributed by atoms with Crippen molar-refractivity contribution >= 4 is 17.3 Å². The minimum atomic E-state index is -0.375. The average molecular weight is 232 g/mol. The number of allylic oxidation sites excluding steroid dienone is 2. The maximum Gasteiger partial charge on any atom is 0.307 e. The van der Waals surface area contributed by atoms with Crippen molar-refractivity contribution in [1.82, 2.24) is 0 Å². The van der Waals surface area contributed by atoms with Crippen LogP contribution in [0.3, 0.4) is 0 Å². The zero-order valence-corrected chi connectivity index (χ0v) is 10.3. The molecule has 90 valence electrons. The van der Waals surface area contributed by atoms with Crippen LogP contribution < -0.4 is 0 Å². The lowest BCUT2D eigenvalue weighted by atomic mass is 10.00. The Labute approximate surface area is 101 Å². The molecule has 1 aromatic rings. The summed E-state index contributed by atoms with van der Waals surface area (Å²) < 4.78 is 5.06. The molecular formula is C14H16O3. The second kappa shape index (κ2) is 5.99. The molecule has 0 bridgehead atoms. The van der Waals surface area contributed by atoms with Gasteiger partial charge in [-0.05, 0) is 19.4 Å². The van der Waals surface area contributed by atoms with E-state index >= 15 is 0 Å². The Kier molecular flexibility index (Phi) is 4.64. The van der Waals surface area contributed by atoms with Crippen LogP contribution in [0.4, 0.5) is 0 Å². The van der Waals surface area contributed by atoms with Gasteiger partial charge in [0.15, 0.2) is 0 Å². The van der Waals surface area contributed by atoms with E-state index in [0.29, 0.717) is 5.76 Å². The third-order valence-corrected chi connectivity index (χ3v) is 2.27. The summed E-state index contributed by atoms with van der Waals surface area (Å²) in [6, 6.07) is 9.46. The molecule has 0 radical (unpaired) electrons. The molecule has 0 heterocycles. The summed E-state index contributed by atoms with van der Waals surface area (Å²) in [5.74, 6) is 0.147. The van der Waals surface area contributed by atoms with Gasteiger partial charge in [0.05, 0.1) is 0 Å². The molecule has 0 N–H and O–H groups in total. The van der Waals surface area contributed by atoms with Crippen LogP contribution in [0.15, 0.2) is 36.1 Å². The van der Waals surface area contributed by atoms with E-state index in [2.05, 4.69) is 0 Å². The number of carbonyl (C=O) groups is 2. The molecule has 0 aliphatic rings. The van der Waals surface area contributed by atoms with Crippen molar-refractivity contribution in [2.24, 2.45) is 0 Å². The standard InChI is InChI=1S/C14H16O3/c1-10(15)9-14(11(2)17-12(3)16)13-7-5-4-6-8-13/h4-8H,9H2,1-3H3/b14-11+. The summed E-state index contributed by atoms with van der Waals surface area (Å²) in [7, 11) is 0. The third-order valence-electron chi connectivity index (χ3n) is 2.27. The van der Waals surface area contributed by atoms with Gasteiger partial charge in [-0.15, -0.1) is 0 Å². The van der Waals surface area contributed by atoms with Gasteiger partial charge in [0, 0.05) is 18.9 Å². The van der Waals surface area contributed by atoms with Crippen molar-refractivity contribution in [3.05, 3.63) is 41.7 Å². The Morgan fingerprint density at radius 1 is 1.06 bits per heavy atom. The summed E-state index contributed by atoms with van der Waals surface area (Å²) in [6.07, 6.45) is 0.267. The molecule has 1 aromatic carbocycles. The number of esters is 1.